The summed E-state index contributed by atoms with van der Waals surface area (Å²) in [5.41, 5.74) is 1.95. The van der Waals surface area contributed by atoms with Gasteiger partial charge >= 0.3 is 6.18 Å². The maximum atomic E-state index is 12.1. The van der Waals surface area contributed by atoms with Crippen molar-refractivity contribution in [3.05, 3.63) is 45.9 Å². The minimum absolute atomic E-state index is 0.187. The van der Waals surface area contributed by atoms with Gasteiger partial charge in [-0.05, 0) is 24.6 Å². The molecular weight excluding hydrogens is 365 g/mol. The molecule has 26 heavy (non-hydrogen) atoms. The number of alkyl halides is 3. The van der Waals surface area contributed by atoms with Gasteiger partial charge in [0.1, 0.15) is 5.75 Å². The summed E-state index contributed by atoms with van der Waals surface area (Å²) in [6, 6.07) is 6.46. The van der Waals surface area contributed by atoms with Crippen molar-refractivity contribution in [2.75, 3.05) is 20.2 Å². The van der Waals surface area contributed by atoms with Gasteiger partial charge in [-0.15, -0.1) is 11.3 Å². The standard InChI is InChI=1S/C17H21F3N4OS/c1-12-24-14(10-26-12)7-8-22-16(21-2)23-9-13-3-5-15(6-4-13)25-11-17(18,19)20/h3-6,10H,7-9,11H2,1-2H3,(H2,21,22,23). The van der Waals surface area contributed by atoms with Crippen LogP contribution in [0.4, 0.5) is 13.2 Å². The van der Waals surface area contributed by atoms with Crippen molar-refractivity contribution in [1.82, 2.24) is 15.6 Å². The van der Waals surface area contributed by atoms with Crippen LogP contribution in [0.2, 0.25) is 0 Å². The van der Waals surface area contributed by atoms with E-state index in [1.54, 1.807) is 30.5 Å². The maximum absolute atomic E-state index is 12.1. The Morgan fingerprint density at radius 3 is 2.54 bits per heavy atom. The Labute approximate surface area is 154 Å². The zero-order valence-corrected chi connectivity index (χ0v) is 15.4. The Morgan fingerprint density at radius 2 is 1.96 bits per heavy atom. The normalized spacial score (nSPS) is 12.1. The monoisotopic (exact) mass is 386 g/mol. The third kappa shape index (κ3) is 7.30. The van der Waals surface area contributed by atoms with E-state index < -0.39 is 12.8 Å². The van der Waals surface area contributed by atoms with Crippen LogP contribution < -0.4 is 15.4 Å². The fraction of sp³-hybridized carbons (Fsp3) is 0.412. The van der Waals surface area contributed by atoms with Gasteiger partial charge in [0.05, 0.1) is 10.7 Å². The molecule has 0 fully saturated rings. The van der Waals surface area contributed by atoms with E-state index in [0.29, 0.717) is 19.0 Å². The molecule has 0 spiro atoms. The summed E-state index contributed by atoms with van der Waals surface area (Å²) in [6.07, 6.45) is -3.54. The van der Waals surface area contributed by atoms with Crippen LogP contribution in [-0.2, 0) is 13.0 Å². The molecule has 2 rings (SSSR count). The molecule has 0 bridgehead atoms. The van der Waals surface area contributed by atoms with Crippen LogP contribution in [0, 0.1) is 6.92 Å². The molecule has 0 radical (unpaired) electrons. The molecule has 0 aliphatic rings. The first-order valence-electron chi connectivity index (χ1n) is 8.00. The number of hydrogen-bond donors (Lipinski definition) is 2. The highest BCUT2D eigenvalue weighted by molar-refractivity contribution is 7.09. The molecule has 2 aromatic rings. The van der Waals surface area contributed by atoms with Gasteiger partial charge in [-0.1, -0.05) is 12.1 Å². The summed E-state index contributed by atoms with van der Waals surface area (Å²) in [7, 11) is 1.68. The molecule has 0 aliphatic carbocycles. The van der Waals surface area contributed by atoms with Crippen LogP contribution >= 0.6 is 11.3 Å². The largest absolute Gasteiger partial charge is 0.484 e. The van der Waals surface area contributed by atoms with Gasteiger partial charge in [-0.3, -0.25) is 4.99 Å². The lowest BCUT2D eigenvalue weighted by atomic mass is 10.2. The van der Waals surface area contributed by atoms with Gasteiger partial charge in [0.2, 0.25) is 0 Å². The Morgan fingerprint density at radius 1 is 1.23 bits per heavy atom. The lowest BCUT2D eigenvalue weighted by molar-refractivity contribution is -0.153. The minimum atomic E-state index is -4.34. The Hall–Kier alpha value is -2.29. The van der Waals surface area contributed by atoms with E-state index in [2.05, 4.69) is 25.3 Å². The number of aryl methyl sites for hydroxylation is 1. The predicted octanol–water partition coefficient (Wildman–Crippen LogP) is 3.30. The van der Waals surface area contributed by atoms with Crippen LogP contribution in [0.1, 0.15) is 16.3 Å². The predicted molar refractivity (Wildman–Crippen MR) is 96.7 cm³/mol. The van der Waals surface area contributed by atoms with Crippen LogP contribution in [0.3, 0.4) is 0 Å². The molecule has 0 atom stereocenters. The second kappa shape index (κ2) is 9.42. The Balaban J connectivity index is 1.73. The van der Waals surface area contributed by atoms with E-state index in [-0.39, 0.29) is 5.75 Å². The molecule has 1 aromatic carbocycles. The summed E-state index contributed by atoms with van der Waals surface area (Å²) in [5.74, 6) is 0.835. The number of aromatic nitrogens is 1. The molecule has 0 amide bonds. The van der Waals surface area contributed by atoms with Crippen LogP contribution in [0.5, 0.6) is 5.75 Å². The quantitative estimate of drug-likeness (QED) is 0.566. The van der Waals surface area contributed by atoms with E-state index in [4.69, 9.17) is 0 Å². The van der Waals surface area contributed by atoms with E-state index in [1.165, 1.54) is 12.1 Å². The summed E-state index contributed by atoms with van der Waals surface area (Å²) in [5, 5.41) is 9.44. The Bertz CT molecular complexity index is 714. The Kier molecular flexibility index (Phi) is 7.26. The second-order valence-corrected chi connectivity index (χ2v) is 6.57. The number of benzene rings is 1. The van der Waals surface area contributed by atoms with Crippen molar-refractivity contribution in [2.24, 2.45) is 4.99 Å². The highest BCUT2D eigenvalue weighted by atomic mass is 32.1. The highest BCUT2D eigenvalue weighted by Crippen LogP contribution is 2.18. The molecule has 1 aromatic heterocycles. The fourth-order valence-corrected chi connectivity index (χ4v) is 2.75. The molecule has 5 nitrogen and oxygen atoms in total. The van der Waals surface area contributed by atoms with E-state index >= 15 is 0 Å². The summed E-state index contributed by atoms with van der Waals surface area (Å²) < 4.78 is 41.0. The number of ether oxygens (including phenoxy) is 1. The molecular formula is C17H21F3N4OS. The third-order valence-electron chi connectivity index (χ3n) is 3.35. The van der Waals surface area contributed by atoms with E-state index in [9.17, 15) is 13.2 Å². The first-order valence-corrected chi connectivity index (χ1v) is 8.88. The topological polar surface area (TPSA) is 58.5 Å². The van der Waals surface area contributed by atoms with Gasteiger partial charge in [-0.25, -0.2) is 4.98 Å². The zero-order chi connectivity index (χ0) is 19.0. The number of thiazole rings is 1. The zero-order valence-electron chi connectivity index (χ0n) is 14.6. The van der Waals surface area contributed by atoms with Crippen molar-refractivity contribution < 1.29 is 17.9 Å². The third-order valence-corrected chi connectivity index (χ3v) is 4.17. The molecule has 0 unspecified atom stereocenters. The van der Waals surface area contributed by atoms with Gasteiger partial charge in [-0.2, -0.15) is 13.2 Å². The van der Waals surface area contributed by atoms with Crippen LogP contribution in [-0.4, -0.2) is 37.3 Å². The lowest BCUT2D eigenvalue weighted by Gasteiger charge is -2.12. The van der Waals surface area contributed by atoms with E-state index in [1.807, 2.05) is 12.3 Å². The number of aliphatic imine (C=N–C) groups is 1. The second-order valence-electron chi connectivity index (χ2n) is 5.51. The molecule has 0 aliphatic heterocycles. The fourth-order valence-electron chi connectivity index (χ4n) is 2.11. The van der Waals surface area contributed by atoms with Crippen LogP contribution in [0.25, 0.3) is 0 Å². The van der Waals surface area contributed by atoms with Gasteiger partial charge in [0.25, 0.3) is 0 Å². The lowest BCUT2D eigenvalue weighted by Crippen LogP contribution is -2.37. The molecule has 9 heteroatoms. The molecule has 0 saturated carbocycles. The highest BCUT2D eigenvalue weighted by Gasteiger charge is 2.28. The number of nitrogens with zero attached hydrogens (tertiary/aromatic N) is 2. The SMILES string of the molecule is CN=C(NCCc1csc(C)n1)NCc1ccc(OCC(F)(F)F)cc1. The van der Waals surface area contributed by atoms with Crippen molar-refractivity contribution >= 4 is 17.3 Å². The van der Waals surface area contributed by atoms with Gasteiger partial charge < -0.3 is 15.4 Å². The molecule has 2 N–H and O–H groups in total. The number of hydrogen-bond acceptors (Lipinski definition) is 4. The molecule has 0 saturated heterocycles. The van der Waals surface area contributed by atoms with Crippen molar-refractivity contribution in [1.29, 1.82) is 0 Å². The van der Waals surface area contributed by atoms with Gasteiger partial charge in [0, 0.05) is 31.9 Å². The summed E-state index contributed by atoms with van der Waals surface area (Å²) in [6.45, 7) is 1.88. The average molecular weight is 386 g/mol. The van der Waals surface area contributed by atoms with Crippen LogP contribution in [0.15, 0.2) is 34.6 Å². The number of rotatable bonds is 7. The average Bonchev–Trinajstić information content (AvgIpc) is 3.01. The maximum Gasteiger partial charge on any atom is 0.422 e. The van der Waals surface area contributed by atoms with E-state index in [0.717, 1.165) is 22.7 Å². The minimum Gasteiger partial charge on any atom is -0.484 e. The molecule has 1 heterocycles. The number of halogens is 3. The molecule has 142 valence electrons. The van der Waals surface area contributed by atoms with Gasteiger partial charge in [0.15, 0.2) is 12.6 Å². The summed E-state index contributed by atoms with van der Waals surface area (Å²) >= 11 is 1.62. The first-order chi connectivity index (χ1) is 12.4. The van der Waals surface area contributed by atoms with Crippen molar-refractivity contribution in [3.8, 4) is 5.75 Å². The first kappa shape index (κ1) is 20.0. The van der Waals surface area contributed by atoms with Crippen molar-refractivity contribution in [3.63, 3.8) is 0 Å². The number of guanidine groups is 1. The summed E-state index contributed by atoms with van der Waals surface area (Å²) in [4.78, 5) is 8.54. The smallest absolute Gasteiger partial charge is 0.422 e. The number of nitrogens with one attached hydrogen (secondary N) is 2. The van der Waals surface area contributed by atoms with Crippen molar-refractivity contribution in [2.45, 2.75) is 26.1 Å².